The van der Waals surface area contributed by atoms with E-state index in [1.165, 1.54) is 0 Å². The first-order valence-electron chi connectivity index (χ1n) is 8.43. The van der Waals surface area contributed by atoms with Gasteiger partial charge in [0.05, 0.1) is 26.9 Å². The molecule has 7 heteroatoms. The Morgan fingerprint density at radius 2 is 1.92 bits per heavy atom. The third-order valence-electron chi connectivity index (χ3n) is 4.39. The number of ether oxygens (including phenoxy) is 4. The molecule has 1 saturated heterocycles. The van der Waals surface area contributed by atoms with E-state index < -0.39 is 0 Å². The van der Waals surface area contributed by atoms with E-state index in [-0.39, 0.29) is 5.60 Å². The van der Waals surface area contributed by atoms with Crippen LogP contribution < -0.4 is 24.8 Å². The molecule has 1 heterocycles. The van der Waals surface area contributed by atoms with Gasteiger partial charge in [0.2, 0.25) is 5.75 Å². The van der Waals surface area contributed by atoms with Crippen molar-refractivity contribution in [2.24, 2.45) is 4.99 Å². The van der Waals surface area contributed by atoms with Gasteiger partial charge in [0.15, 0.2) is 17.5 Å². The Labute approximate surface area is 149 Å². The molecule has 0 saturated carbocycles. The average molecular weight is 351 g/mol. The van der Waals surface area contributed by atoms with Gasteiger partial charge in [-0.1, -0.05) is 0 Å². The van der Waals surface area contributed by atoms with Crippen molar-refractivity contribution >= 4 is 5.96 Å². The molecule has 0 bridgehead atoms. The first-order chi connectivity index (χ1) is 12.1. The summed E-state index contributed by atoms with van der Waals surface area (Å²) in [6.45, 7) is 4.21. The van der Waals surface area contributed by atoms with Crippen LogP contribution in [0.15, 0.2) is 17.1 Å². The van der Waals surface area contributed by atoms with Gasteiger partial charge in [0.1, 0.15) is 0 Å². The molecule has 1 aliphatic heterocycles. The summed E-state index contributed by atoms with van der Waals surface area (Å²) in [6.07, 6.45) is 2.16. The zero-order chi connectivity index (χ0) is 18.3. The number of nitrogens with zero attached hydrogens (tertiary/aromatic N) is 1. The number of benzene rings is 1. The van der Waals surface area contributed by atoms with Gasteiger partial charge in [0.25, 0.3) is 0 Å². The molecule has 0 radical (unpaired) electrons. The molecule has 1 fully saturated rings. The molecule has 2 N–H and O–H groups in total. The molecule has 7 nitrogen and oxygen atoms in total. The number of rotatable bonds is 7. The third kappa shape index (κ3) is 4.69. The van der Waals surface area contributed by atoms with Crippen LogP contribution in [0.1, 0.15) is 25.3 Å². The van der Waals surface area contributed by atoms with Crippen molar-refractivity contribution < 1.29 is 18.9 Å². The van der Waals surface area contributed by atoms with Crippen molar-refractivity contribution in [1.29, 1.82) is 0 Å². The quantitative estimate of drug-likeness (QED) is 0.578. The monoisotopic (exact) mass is 351 g/mol. The van der Waals surface area contributed by atoms with E-state index in [0.29, 0.717) is 29.8 Å². The SMILES string of the molecule is CN=C(NCc1ccc(OC)c(OC)c1OC)NCC1(C)CCCO1. The van der Waals surface area contributed by atoms with Crippen molar-refractivity contribution in [1.82, 2.24) is 10.6 Å². The maximum absolute atomic E-state index is 5.79. The minimum absolute atomic E-state index is 0.126. The van der Waals surface area contributed by atoms with Crippen LogP contribution in [0.3, 0.4) is 0 Å². The summed E-state index contributed by atoms with van der Waals surface area (Å²) >= 11 is 0. The molecule has 0 amide bonds. The molecule has 1 atom stereocenters. The van der Waals surface area contributed by atoms with Crippen LogP contribution in [-0.2, 0) is 11.3 Å². The van der Waals surface area contributed by atoms with Crippen molar-refractivity contribution in [3.05, 3.63) is 17.7 Å². The Morgan fingerprint density at radius 3 is 2.48 bits per heavy atom. The van der Waals surface area contributed by atoms with Gasteiger partial charge >= 0.3 is 0 Å². The fourth-order valence-corrected chi connectivity index (χ4v) is 2.95. The lowest BCUT2D eigenvalue weighted by atomic mass is 10.0. The Bertz CT molecular complexity index is 598. The Balaban J connectivity index is 2.01. The lowest BCUT2D eigenvalue weighted by Gasteiger charge is -2.25. The molecule has 2 rings (SSSR count). The molecule has 0 spiro atoms. The number of aliphatic imine (C=N–C) groups is 1. The summed E-state index contributed by atoms with van der Waals surface area (Å²) in [4.78, 5) is 4.27. The normalized spacial score (nSPS) is 20.3. The molecule has 0 aromatic heterocycles. The lowest BCUT2D eigenvalue weighted by Crippen LogP contribution is -2.45. The number of hydrogen-bond donors (Lipinski definition) is 2. The van der Waals surface area contributed by atoms with Crippen molar-refractivity contribution in [2.45, 2.75) is 31.9 Å². The number of hydrogen-bond acceptors (Lipinski definition) is 5. The van der Waals surface area contributed by atoms with Crippen LogP contribution in [0.5, 0.6) is 17.2 Å². The standard InChI is InChI=1S/C18H29N3O4/c1-18(9-6-10-25-18)12-21-17(19-2)20-11-13-7-8-14(22-3)16(24-5)15(13)23-4/h7-8H,6,9-12H2,1-5H3,(H2,19,20,21). The second kappa shape index (κ2) is 8.80. The molecule has 0 aliphatic carbocycles. The highest BCUT2D eigenvalue weighted by atomic mass is 16.5. The highest BCUT2D eigenvalue weighted by molar-refractivity contribution is 5.79. The van der Waals surface area contributed by atoms with Gasteiger partial charge < -0.3 is 29.6 Å². The first-order valence-corrected chi connectivity index (χ1v) is 8.43. The maximum atomic E-state index is 5.79. The fourth-order valence-electron chi connectivity index (χ4n) is 2.95. The molecule has 25 heavy (non-hydrogen) atoms. The average Bonchev–Trinajstić information content (AvgIpc) is 3.07. The second-order valence-electron chi connectivity index (χ2n) is 6.17. The van der Waals surface area contributed by atoms with E-state index in [0.717, 1.165) is 31.6 Å². The van der Waals surface area contributed by atoms with Gasteiger partial charge in [-0.25, -0.2) is 0 Å². The second-order valence-corrected chi connectivity index (χ2v) is 6.17. The minimum atomic E-state index is -0.126. The fraction of sp³-hybridized carbons (Fsp3) is 0.611. The number of guanidine groups is 1. The van der Waals surface area contributed by atoms with E-state index in [2.05, 4.69) is 22.5 Å². The van der Waals surface area contributed by atoms with Gasteiger partial charge in [0, 0.05) is 32.3 Å². The summed E-state index contributed by atoms with van der Waals surface area (Å²) in [6, 6.07) is 3.81. The molecule has 1 aromatic rings. The van der Waals surface area contributed by atoms with Crippen LogP contribution in [0.25, 0.3) is 0 Å². The summed E-state index contributed by atoms with van der Waals surface area (Å²) in [7, 11) is 6.57. The highest BCUT2D eigenvalue weighted by Crippen LogP contribution is 2.39. The minimum Gasteiger partial charge on any atom is -0.493 e. The largest absolute Gasteiger partial charge is 0.493 e. The van der Waals surface area contributed by atoms with Gasteiger partial charge in [-0.2, -0.15) is 0 Å². The van der Waals surface area contributed by atoms with E-state index >= 15 is 0 Å². The molecule has 140 valence electrons. The van der Waals surface area contributed by atoms with Crippen LogP contribution in [0.2, 0.25) is 0 Å². The number of methoxy groups -OCH3 is 3. The van der Waals surface area contributed by atoms with Crippen LogP contribution in [0.4, 0.5) is 0 Å². The van der Waals surface area contributed by atoms with Crippen molar-refractivity contribution in [3.8, 4) is 17.2 Å². The van der Waals surface area contributed by atoms with E-state index in [1.54, 1.807) is 28.4 Å². The van der Waals surface area contributed by atoms with Gasteiger partial charge in [-0.3, -0.25) is 4.99 Å². The van der Waals surface area contributed by atoms with Crippen LogP contribution in [0, 0.1) is 0 Å². The topological polar surface area (TPSA) is 73.3 Å². The first kappa shape index (κ1) is 19.2. The predicted molar refractivity (Wildman–Crippen MR) is 97.9 cm³/mol. The van der Waals surface area contributed by atoms with Gasteiger partial charge in [-0.05, 0) is 31.9 Å². The molecule has 1 unspecified atom stereocenters. The molecule has 1 aromatic carbocycles. The molecular formula is C18H29N3O4. The molecular weight excluding hydrogens is 322 g/mol. The van der Waals surface area contributed by atoms with E-state index in [1.807, 2.05) is 12.1 Å². The molecule has 1 aliphatic rings. The Hall–Kier alpha value is -2.15. The lowest BCUT2D eigenvalue weighted by molar-refractivity contribution is 0.0243. The Kier molecular flexibility index (Phi) is 6.75. The number of nitrogens with one attached hydrogen (secondary N) is 2. The zero-order valence-corrected chi connectivity index (χ0v) is 15.8. The van der Waals surface area contributed by atoms with E-state index in [9.17, 15) is 0 Å². The van der Waals surface area contributed by atoms with Crippen LogP contribution in [-0.4, -0.2) is 53.1 Å². The van der Waals surface area contributed by atoms with Crippen LogP contribution >= 0.6 is 0 Å². The van der Waals surface area contributed by atoms with E-state index in [4.69, 9.17) is 18.9 Å². The predicted octanol–water partition coefficient (Wildman–Crippen LogP) is 1.95. The summed E-state index contributed by atoms with van der Waals surface area (Å²) < 4.78 is 22.0. The summed E-state index contributed by atoms with van der Waals surface area (Å²) in [5.41, 5.74) is 0.824. The highest BCUT2D eigenvalue weighted by Gasteiger charge is 2.29. The Morgan fingerprint density at radius 1 is 1.16 bits per heavy atom. The summed E-state index contributed by atoms with van der Waals surface area (Å²) in [5, 5.41) is 6.63. The van der Waals surface area contributed by atoms with Crippen molar-refractivity contribution in [3.63, 3.8) is 0 Å². The van der Waals surface area contributed by atoms with Gasteiger partial charge in [-0.15, -0.1) is 0 Å². The maximum Gasteiger partial charge on any atom is 0.203 e. The third-order valence-corrected chi connectivity index (χ3v) is 4.39. The zero-order valence-electron chi connectivity index (χ0n) is 15.8. The van der Waals surface area contributed by atoms with Crippen molar-refractivity contribution in [2.75, 3.05) is 41.5 Å². The summed E-state index contributed by atoms with van der Waals surface area (Å²) in [5.74, 6) is 2.58. The smallest absolute Gasteiger partial charge is 0.203 e.